The van der Waals surface area contributed by atoms with Crippen LogP contribution in [0.2, 0.25) is 0 Å². The zero-order valence-electron chi connectivity index (χ0n) is 13.0. The number of aryl methyl sites for hydroxylation is 1. The molecule has 0 atom stereocenters. The second-order valence-corrected chi connectivity index (χ2v) is 4.98. The molecule has 0 aliphatic heterocycles. The number of para-hydroxylation sites is 1. The lowest BCUT2D eigenvalue weighted by atomic mass is 10.2. The van der Waals surface area contributed by atoms with Crippen LogP contribution in [0.1, 0.15) is 48.3 Å². The molecule has 0 saturated heterocycles. The minimum Gasteiger partial charge on any atom is -0.485 e. The smallest absolute Gasteiger partial charge is 0.255 e. The molecule has 1 aromatic carbocycles. The average molecular weight is 303 g/mol. The van der Waals surface area contributed by atoms with Crippen LogP contribution in [-0.2, 0) is 6.61 Å². The van der Waals surface area contributed by atoms with Crippen LogP contribution in [-0.4, -0.2) is 22.6 Å². The minimum absolute atomic E-state index is 0.129. The molecule has 1 amide bonds. The van der Waals surface area contributed by atoms with E-state index in [9.17, 15) is 4.79 Å². The van der Waals surface area contributed by atoms with Crippen molar-refractivity contribution in [3.8, 4) is 5.75 Å². The summed E-state index contributed by atoms with van der Waals surface area (Å²) in [5.41, 5.74) is 0.513. The molecule has 2 rings (SSSR count). The summed E-state index contributed by atoms with van der Waals surface area (Å²) in [4.78, 5) is 16.3. The largest absolute Gasteiger partial charge is 0.485 e. The molecule has 22 heavy (non-hydrogen) atoms. The van der Waals surface area contributed by atoms with Crippen LogP contribution in [0.3, 0.4) is 0 Å². The molecule has 1 aromatic heterocycles. The third kappa shape index (κ3) is 4.58. The van der Waals surface area contributed by atoms with Gasteiger partial charge in [-0.05, 0) is 18.6 Å². The summed E-state index contributed by atoms with van der Waals surface area (Å²) in [6.45, 7) is 4.68. The van der Waals surface area contributed by atoms with E-state index in [1.165, 1.54) is 0 Å². The molecule has 0 aliphatic carbocycles. The highest BCUT2D eigenvalue weighted by Crippen LogP contribution is 2.19. The summed E-state index contributed by atoms with van der Waals surface area (Å²) < 4.78 is 10.5. The second-order valence-electron chi connectivity index (χ2n) is 4.98. The number of hydrogen-bond acceptors (Lipinski definition) is 5. The van der Waals surface area contributed by atoms with Gasteiger partial charge >= 0.3 is 0 Å². The molecule has 1 N–H and O–H groups in total. The number of aromatic nitrogens is 2. The van der Waals surface area contributed by atoms with Crippen LogP contribution in [0, 0.1) is 6.92 Å². The Labute approximate surface area is 129 Å². The van der Waals surface area contributed by atoms with E-state index < -0.39 is 0 Å². The van der Waals surface area contributed by atoms with Crippen molar-refractivity contribution < 1.29 is 14.1 Å². The molecule has 6 nitrogen and oxygen atoms in total. The van der Waals surface area contributed by atoms with Crippen molar-refractivity contribution in [3.05, 3.63) is 41.5 Å². The van der Waals surface area contributed by atoms with Crippen LogP contribution in [0.15, 0.2) is 28.8 Å². The lowest BCUT2D eigenvalue weighted by Gasteiger charge is -2.10. The van der Waals surface area contributed by atoms with Gasteiger partial charge in [-0.1, -0.05) is 37.1 Å². The van der Waals surface area contributed by atoms with Crippen molar-refractivity contribution in [2.45, 2.75) is 39.7 Å². The van der Waals surface area contributed by atoms with Crippen LogP contribution < -0.4 is 10.1 Å². The van der Waals surface area contributed by atoms with Crippen LogP contribution >= 0.6 is 0 Å². The van der Waals surface area contributed by atoms with E-state index in [1.54, 1.807) is 19.1 Å². The molecule has 6 heteroatoms. The lowest BCUT2D eigenvalue weighted by molar-refractivity contribution is 0.0948. The Morgan fingerprint density at radius 2 is 2.14 bits per heavy atom. The lowest BCUT2D eigenvalue weighted by Crippen LogP contribution is -2.25. The number of amides is 1. The number of benzene rings is 1. The monoisotopic (exact) mass is 303 g/mol. The molecule has 0 unspecified atom stereocenters. The van der Waals surface area contributed by atoms with Gasteiger partial charge in [-0.15, -0.1) is 0 Å². The Morgan fingerprint density at radius 3 is 2.86 bits per heavy atom. The van der Waals surface area contributed by atoms with Gasteiger partial charge in [-0.3, -0.25) is 4.79 Å². The number of hydrogen-bond donors (Lipinski definition) is 1. The fourth-order valence-corrected chi connectivity index (χ4v) is 1.99. The maximum Gasteiger partial charge on any atom is 0.255 e. The summed E-state index contributed by atoms with van der Waals surface area (Å²) in [5.74, 6) is 1.32. The first-order chi connectivity index (χ1) is 10.7. The van der Waals surface area contributed by atoms with Crippen LogP contribution in [0.5, 0.6) is 5.75 Å². The summed E-state index contributed by atoms with van der Waals surface area (Å²) >= 11 is 0. The van der Waals surface area contributed by atoms with Gasteiger partial charge in [-0.2, -0.15) is 4.98 Å². The second kappa shape index (κ2) is 8.17. The van der Waals surface area contributed by atoms with Gasteiger partial charge < -0.3 is 14.6 Å². The van der Waals surface area contributed by atoms with Crippen LogP contribution in [0.4, 0.5) is 0 Å². The van der Waals surface area contributed by atoms with Gasteiger partial charge in [0.05, 0.1) is 5.56 Å². The van der Waals surface area contributed by atoms with Gasteiger partial charge in [-0.25, -0.2) is 0 Å². The first kappa shape index (κ1) is 16.0. The number of carbonyl (C=O) groups excluding carboxylic acids is 1. The van der Waals surface area contributed by atoms with Crippen molar-refractivity contribution in [1.82, 2.24) is 15.5 Å². The molecule has 2 aromatic rings. The fraction of sp³-hybridized carbons (Fsp3) is 0.438. The van der Waals surface area contributed by atoms with Gasteiger partial charge in [0.1, 0.15) is 5.75 Å². The van der Waals surface area contributed by atoms with Crippen molar-refractivity contribution >= 4 is 5.91 Å². The molecule has 0 bridgehead atoms. The van der Waals surface area contributed by atoms with Crippen molar-refractivity contribution in [1.29, 1.82) is 0 Å². The standard InChI is InChI=1S/C16H21N3O3/c1-3-4-7-10-17-16(20)13-8-5-6-9-14(13)21-11-15-18-12(2)22-19-15/h5-6,8-9H,3-4,7,10-11H2,1-2H3,(H,17,20). The molecule has 1 heterocycles. The SMILES string of the molecule is CCCCCNC(=O)c1ccccc1OCc1noc(C)n1. The van der Waals surface area contributed by atoms with Crippen molar-refractivity contribution in [2.75, 3.05) is 6.54 Å². The molecule has 0 fully saturated rings. The first-order valence-corrected chi connectivity index (χ1v) is 7.50. The number of carbonyl (C=O) groups is 1. The third-order valence-electron chi connectivity index (χ3n) is 3.12. The predicted molar refractivity (Wildman–Crippen MR) is 81.7 cm³/mol. The number of ether oxygens (including phenoxy) is 1. The van der Waals surface area contributed by atoms with E-state index in [2.05, 4.69) is 22.4 Å². The molecule has 0 aliphatic rings. The van der Waals surface area contributed by atoms with E-state index in [4.69, 9.17) is 9.26 Å². The van der Waals surface area contributed by atoms with Crippen LogP contribution in [0.25, 0.3) is 0 Å². The Kier molecular flexibility index (Phi) is 5.94. The highest BCUT2D eigenvalue weighted by molar-refractivity contribution is 5.96. The normalized spacial score (nSPS) is 10.5. The van der Waals surface area contributed by atoms with Gasteiger partial charge in [0.25, 0.3) is 5.91 Å². The maximum atomic E-state index is 12.2. The molecular formula is C16H21N3O3. The zero-order chi connectivity index (χ0) is 15.8. The Morgan fingerprint density at radius 1 is 1.32 bits per heavy atom. The molecule has 118 valence electrons. The van der Waals surface area contributed by atoms with Crippen molar-refractivity contribution in [2.24, 2.45) is 0 Å². The number of nitrogens with one attached hydrogen (secondary N) is 1. The van der Waals surface area contributed by atoms with E-state index in [0.717, 1.165) is 19.3 Å². The van der Waals surface area contributed by atoms with Gasteiger partial charge in [0.15, 0.2) is 6.61 Å². The van der Waals surface area contributed by atoms with Crippen molar-refractivity contribution in [3.63, 3.8) is 0 Å². The molecule has 0 radical (unpaired) electrons. The predicted octanol–water partition coefficient (Wildman–Crippen LogP) is 2.88. The number of rotatable bonds is 8. The summed E-state index contributed by atoms with van der Waals surface area (Å²) in [6, 6.07) is 7.14. The fourth-order valence-electron chi connectivity index (χ4n) is 1.99. The van der Waals surface area contributed by atoms with Gasteiger partial charge in [0.2, 0.25) is 11.7 Å². The average Bonchev–Trinajstić information content (AvgIpc) is 2.95. The summed E-state index contributed by atoms with van der Waals surface area (Å²) in [7, 11) is 0. The summed E-state index contributed by atoms with van der Waals surface area (Å²) in [5, 5.41) is 6.67. The Hall–Kier alpha value is -2.37. The van der Waals surface area contributed by atoms with E-state index in [0.29, 0.717) is 29.6 Å². The molecule has 0 saturated carbocycles. The Bertz CT molecular complexity index is 610. The number of unbranched alkanes of at least 4 members (excludes halogenated alkanes) is 2. The first-order valence-electron chi connectivity index (χ1n) is 7.50. The molecule has 0 spiro atoms. The molecular weight excluding hydrogens is 282 g/mol. The minimum atomic E-state index is -0.129. The third-order valence-corrected chi connectivity index (χ3v) is 3.12. The topological polar surface area (TPSA) is 77.2 Å². The zero-order valence-corrected chi connectivity index (χ0v) is 13.0. The van der Waals surface area contributed by atoms with E-state index >= 15 is 0 Å². The Balaban J connectivity index is 1.95. The maximum absolute atomic E-state index is 12.2. The number of nitrogens with zero attached hydrogens (tertiary/aromatic N) is 2. The van der Waals surface area contributed by atoms with E-state index in [-0.39, 0.29) is 12.5 Å². The summed E-state index contributed by atoms with van der Waals surface area (Å²) in [6.07, 6.45) is 3.21. The highest BCUT2D eigenvalue weighted by Gasteiger charge is 2.12. The highest BCUT2D eigenvalue weighted by atomic mass is 16.5. The van der Waals surface area contributed by atoms with Gasteiger partial charge in [0, 0.05) is 13.5 Å². The quantitative estimate of drug-likeness (QED) is 0.759. The van der Waals surface area contributed by atoms with E-state index in [1.807, 2.05) is 12.1 Å².